The average Bonchev–Trinajstić information content (AvgIpc) is 3.14. The van der Waals surface area contributed by atoms with Gasteiger partial charge in [-0.3, -0.25) is 4.79 Å². The lowest BCUT2D eigenvalue weighted by Crippen LogP contribution is -2.28. The van der Waals surface area contributed by atoms with Gasteiger partial charge in [0.15, 0.2) is 5.13 Å². The maximum atomic E-state index is 11.4. The Morgan fingerprint density at radius 3 is 3.04 bits per heavy atom. The largest absolute Gasteiger partial charge is 0.373 e. The van der Waals surface area contributed by atoms with Crippen molar-refractivity contribution in [3.8, 4) is 10.4 Å². The van der Waals surface area contributed by atoms with Gasteiger partial charge in [0.2, 0.25) is 0 Å². The third-order valence-corrected chi connectivity index (χ3v) is 5.58. The van der Waals surface area contributed by atoms with Gasteiger partial charge in [-0.15, -0.1) is 0 Å². The van der Waals surface area contributed by atoms with Gasteiger partial charge in [-0.2, -0.15) is 5.90 Å². The number of benzene rings is 1. The monoisotopic (exact) mass is 351 g/mol. The second-order valence-electron chi connectivity index (χ2n) is 6.14. The molecule has 1 unspecified atom stereocenters. The predicted octanol–water partition coefficient (Wildman–Crippen LogP) is 3.49. The van der Waals surface area contributed by atoms with Gasteiger partial charge in [0.05, 0.1) is 11.3 Å². The van der Waals surface area contributed by atoms with Crippen LogP contribution in [0.5, 0.6) is 0 Å². The summed E-state index contributed by atoms with van der Waals surface area (Å²) in [6.45, 7) is 3.70. The molecule has 2 heterocycles. The second kappa shape index (κ2) is 6.47. The summed E-state index contributed by atoms with van der Waals surface area (Å²) in [5.41, 5.74) is 0.860. The first-order valence-electron chi connectivity index (χ1n) is 7.36. The van der Waals surface area contributed by atoms with Crippen molar-refractivity contribution in [1.82, 2.24) is 4.98 Å². The normalized spacial score (nSPS) is 20.7. The molecule has 5 nitrogen and oxygen atoms in total. The summed E-state index contributed by atoms with van der Waals surface area (Å²) in [5, 5.41) is 1.67. The fourth-order valence-corrected chi connectivity index (χ4v) is 4.19. The first kappa shape index (κ1) is 16.2. The number of hydrogen-bond donors (Lipinski definition) is 1. The van der Waals surface area contributed by atoms with Crippen LogP contribution in [-0.2, 0) is 9.63 Å². The molecule has 0 saturated carbocycles. The van der Waals surface area contributed by atoms with E-state index in [9.17, 15) is 4.79 Å². The summed E-state index contributed by atoms with van der Waals surface area (Å²) < 4.78 is 0. The summed E-state index contributed by atoms with van der Waals surface area (Å²) in [7, 11) is 0. The van der Waals surface area contributed by atoms with Crippen molar-refractivity contribution < 1.29 is 9.63 Å². The van der Waals surface area contributed by atoms with Crippen molar-refractivity contribution in [2.45, 2.75) is 19.8 Å². The van der Waals surface area contributed by atoms with Crippen molar-refractivity contribution in [3.63, 3.8) is 0 Å². The van der Waals surface area contributed by atoms with Crippen LogP contribution in [0, 0.1) is 5.41 Å². The Bertz CT molecular complexity index is 721. The van der Waals surface area contributed by atoms with Gasteiger partial charge in [0.1, 0.15) is 0 Å². The van der Waals surface area contributed by atoms with E-state index in [2.05, 4.69) is 21.6 Å². The summed E-state index contributed by atoms with van der Waals surface area (Å²) in [5.74, 6) is 4.58. The van der Waals surface area contributed by atoms with E-state index in [-0.39, 0.29) is 11.4 Å². The number of carbonyl (C=O) groups excluding carboxylic acids is 1. The molecule has 1 atom stereocenters. The van der Waals surface area contributed by atoms with Crippen LogP contribution in [0.3, 0.4) is 0 Å². The molecule has 0 bridgehead atoms. The van der Waals surface area contributed by atoms with Gasteiger partial charge in [0.25, 0.3) is 0 Å². The quantitative estimate of drug-likeness (QED) is 0.854. The Morgan fingerprint density at radius 1 is 1.52 bits per heavy atom. The molecule has 0 amide bonds. The molecule has 2 N–H and O–H groups in total. The molecule has 1 aromatic heterocycles. The van der Waals surface area contributed by atoms with Gasteiger partial charge in [-0.05, 0) is 17.9 Å². The van der Waals surface area contributed by atoms with Crippen molar-refractivity contribution in [3.05, 3.63) is 35.5 Å². The van der Waals surface area contributed by atoms with Gasteiger partial charge < -0.3 is 9.74 Å². The molecule has 0 radical (unpaired) electrons. The van der Waals surface area contributed by atoms with Gasteiger partial charge in [-0.25, -0.2) is 4.98 Å². The molecule has 122 valence electrons. The van der Waals surface area contributed by atoms with Crippen LogP contribution in [0.4, 0.5) is 5.13 Å². The standard InChI is InChI=1S/C16H18ClN3O2S/c1-16(8-14(21)22-18)6-7-20(10-16)15-19-9-13(23-15)11-4-2-3-5-12(11)17/h2-5,9H,6-8,10,18H2,1H3. The van der Waals surface area contributed by atoms with Crippen LogP contribution >= 0.6 is 22.9 Å². The van der Waals surface area contributed by atoms with Crippen LogP contribution in [-0.4, -0.2) is 24.0 Å². The minimum absolute atomic E-state index is 0.132. The highest BCUT2D eigenvalue weighted by Gasteiger charge is 2.37. The van der Waals surface area contributed by atoms with E-state index in [1.54, 1.807) is 11.3 Å². The highest BCUT2D eigenvalue weighted by molar-refractivity contribution is 7.19. The molecular formula is C16H18ClN3O2S. The summed E-state index contributed by atoms with van der Waals surface area (Å²) >= 11 is 7.86. The SMILES string of the molecule is CC1(CC(=O)ON)CCN(c2ncc(-c3ccccc3Cl)s2)C1. The van der Waals surface area contributed by atoms with Crippen LogP contribution < -0.4 is 10.8 Å². The Labute approximate surface area is 144 Å². The Kier molecular flexibility index (Phi) is 4.57. The lowest BCUT2D eigenvalue weighted by molar-refractivity contribution is -0.146. The summed E-state index contributed by atoms with van der Waals surface area (Å²) in [6, 6.07) is 7.74. The van der Waals surface area contributed by atoms with Crippen LogP contribution in [0.2, 0.25) is 5.02 Å². The van der Waals surface area contributed by atoms with Crippen LogP contribution in [0.1, 0.15) is 19.8 Å². The van der Waals surface area contributed by atoms with Gasteiger partial charge in [0, 0.05) is 29.9 Å². The van der Waals surface area contributed by atoms with E-state index in [0.29, 0.717) is 6.42 Å². The molecular weight excluding hydrogens is 334 g/mol. The molecule has 1 aliphatic rings. The van der Waals surface area contributed by atoms with Crippen molar-refractivity contribution in [2.24, 2.45) is 11.3 Å². The molecule has 3 rings (SSSR count). The van der Waals surface area contributed by atoms with Crippen LogP contribution in [0.15, 0.2) is 30.5 Å². The van der Waals surface area contributed by atoms with E-state index in [0.717, 1.165) is 40.1 Å². The lowest BCUT2D eigenvalue weighted by atomic mass is 9.86. The molecule has 2 aromatic rings. The smallest absolute Gasteiger partial charge is 0.325 e. The van der Waals surface area contributed by atoms with E-state index >= 15 is 0 Å². The zero-order chi connectivity index (χ0) is 16.4. The molecule has 0 aliphatic carbocycles. The number of halogens is 1. The zero-order valence-electron chi connectivity index (χ0n) is 12.8. The lowest BCUT2D eigenvalue weighted by Gasteiger charge is -2.22. The number of nitrogens with two attached hydrogens (primary N) is 1. The predicted molar refractivity (Wildman–Crippen MR) is 92.4 cm³/mol. The minimum Gasteiger partial charge on any atom is -0.373 e. The van der Waals surface area contributed by atoms with E-state index in [4.69, 9.17) is 17.5 Å². The molecule has 1 fully saturated rings. The zero-order valence-corrected chi connectivity index (χ0v) is 14.4. The number of carbonyl (C=O) groups is 1. The summed E-state index contributed by atoms with van der Waals surface area (Å²) in [4.78, 5) is 23.5. The average molecular weight is 352 g/mol. The first-order valence-corrected chi connectivity index (χ1v) is 8.55. The molecule has 7 heteroatoms. The highest BCUT2D eigenvalue weighted by Crippen LogP contribution is 2.40. The van der Waals surface area contributed by atoms with E-state index in [1.165, 1.54) is 0 Å². The van der Waals surface area contributed by atoms with E-state index < -0.39 is 0 Å². The topological polar surface area (TPSA) is 68.5 Å². The fraction of sp³-hybridized carbons (Fsp3) is 0.375. The molecule has 1 saturated heterocycles. The fourth-order valence-electron chi connectivity index (χ4n) is 2.92. The van der Waals surface area contributed by atoms with Gasteiger partial charge >= 0.3 is 5.97 Å². The second-order valence-corrected chi connectivity index (χ2v) is 7.55. The third kappa shape index (κ3) is 3.49. The molecule has 0 spiro atoms. The number of thiazole rings is 1. The molecule has 1 aromatic carbocycles. The first-order chi connectivity index (χ1) is 11.0. The van der Waals surface area contributed by atoms with Crippen molar-refractivity contribution in [1.29, 1.82) is 0 Å². The van der Waals surface area contributed by atoms with Crippen molar-refractivity contribution in [2.75, 3.05) is 18.0 Å². The maximum Gasteiger partial charge on any atom is 0.325 e. The van der Waals surface area contributed by atoms with Crippen LogP contribution in [0.25, 0.3) is 10.4 Å². The number of nitrogens with zero attached hydrogens (tertiary/aromatic N) is 2. The number of anilines is 1. The van der Waals surface area contributed by atoms with E-state index in [1.807, 2.05) is 30.5 Å². The summed E-state index contributed by atoms with van der Waals surface area (Å²) in [6.07, 6.45) is 3.08. The maximum absolute atomic E-state index is 11.4. The number of aromatic nitrogens is 1. The minimum atomic E-state index is -0.370. The number of hydrogen-bond acceptors (Lipinski definition) is 6. The number of rotatable bonds is 4. The third-order valence-electron chi connectivity index (χ3n) is 4.16. The Morgan fingerprint density at radius 2 is 2.30 bits per heavy atom. The Hall–Kier alpha value is -1.63. The molecule has 1 aliphatic heterocycles. The van der Waals surface area contributed by atoms with Crippen molar-refractivity contribution >= 4 is 34.0 Å². The molecule has 23 heavy (non-hydrogen) atoms. The highest BCUT2D eigenvalue weighted by atomic mass is 35.5. The Balaban J connectivity index is 1.75. The van der Waals surface area contributed by atoms with Gasteiger partial charge in [-0.1, -0.05) is 48.1 Å².